The molecule has 0 radical (unpaired) electrons. The zero-order valence-corrected chi connectivity index (χ0v) is 10.7. The summed E-state index contributed by atoms with van der Waals surface area (Å²) < 4.78 is 0. The van der Waals surface area contributed by atoms with Crippen molar-refractivity contribution in [3.8, 4) is 0 Å². The van der Waals surface area contributed by atoms with E-state index in [9.17, 15) is 4.79 Å². The van der Waals surface area contributed by atoms with Crippen LogP contribution in [0.5, 0.6) is 0 Å². The molecule has 1 aliphatic rings. The van der Waals surface area contributed by atoms with Gasteiger partial charge in [0.05, 0.1) is 11.9 Å². The molecule has 1 aliphatic carbocycles. The maximum absolute atomic E-state index is 11.2. The third-order valence-corrected chi connectivity index (χ3v) is 2.33. The summed E-state index contributed by atoms with van der Waals surface area (Å²) in [6, 6.07) is 0.458. The molecule has 1 aromatic heterocycles. The van der Waals surface area contributed by atoms with Gasteiger partial charge in [0.2, 0.25) is 0 Å². The summed E-state index contributed by atoms with van der Waals surface area (Å²) in [5.41, 5.74) is 6.22. The van der Waals surface area contributed by atoms with E-state index in [-0.39, 0.29) is 0 Å². The van der Waals surface area contributed by atoms with Gasteiger partial charge < -0.3 is 11.1 Å². The monoisotopic (exact) mass is 236 g/mol. The third kappa shape index (κ3) is 3.69. The van der Waals surface area contributed by atoms with Crippen molar-refractivity contribution in [3.05, 3.63) is 17.7 Å². The van der Waals surface area contributed by atoms with Gasteiger partial charge in [-0.3, -0.25) is 4.79 Å². The summed E-state index contributed by atoms with van der Waals surface area (Å²) in [6.07, 6.45) is 4.61. The zero-order valence-electron chi connectivity index (χ0n) is 10.7. The van der Waals surface area contributed by atoms with Crippen LogP contribution in [-0.4, -0.2) is 21.9 Å². The van der Waals surface area contributed by atoms with Gasteiger partial charge in [-0.25, -0.2) is 9.97 Å². The van der Waals surface area contributed by atoms with Gasteiger partial charge in [-0.15, -0.1) is 0 Å². The zero-order chi connectivity index (χ0) is 12.8. The molecule has 1 aromatic rings. The van der Waals surface area contributed by atoms with E-state index in [1.165, 1.54) is 0 Å². The third-order valence-electron chi connectivity index (χ3n) is 2.33. The molecule has 17 heavy (non-hydrogen) atoms. The van der Waals surface area contributed by atoms with Gasteiger partial charge in [-0.05, 0) is 12.8 Å². The lowest BCUT2D eigenvalue weighted by Crippen LogP contribution is -2.18. The van der Waals surface area contributed by atoms with E-state index < -0.39 is 5.91 Å². The lowest BCUT2D eigenvalue weighted by atomic mass is 10.3. The van der Waals surface area contributed by atoms with Crippen LogP contribution in [0.2, 0.25) is 0 Å². The van der Waals surface area contributed by atoms with Crippen LogP contribution in [0.15, 0.2) is 6.20 Å². The first kappa shape index (κ1) is 13.4. The fraction of sp³-hybridized carbons (Fsp3) is 0.583. The van der Waals surface area contributed by atoms with E-state index in [2.05, 4.69) is 15.3 Å². The van der Waals surface area contributed by atoms with Crippen molar-refractivity contribution >= 4 is 11.6 Å². The minimum Gasteiger partial charge on any atom is -0.379 e. The molecule has 1 amide bonds. The average Bonchev–Trinajstić information content (AvgIpc) is 3.16. The molecule has 5 nitrogen and oxygen atoms in total. The SMILES string of the molecule is CC.CCc1ncc(NC2CC2)c(C(N)=O)n1. The van der Waals surface area contributed by atoms with Crippen molar-refractivity contribution in [1.29, 1.82) is 0 Å². The molecule has 0 saturated heterocycles. The van der Waals surface area contributed by atoms with Gasteiger partial charge in [0.15, 0.2) is 5.69 Å². The van der Waals surface area contributed by atoms with Crippen molar-refractivity contribution in [1.82, 2.24) is 9.97 Å². The highest BCUT2D eigenvalue weighted by Crippen LogP contribution is 2.25. The largest absolute Gasteiger partial charge is 0.379 e. The number of anilines is 1. The molecule has 1 saturated carbocycles. The molecule has 1 heterocycles. The molecule has 0 aliphatic heterocycles. The van der Waals surface area contributed by atoms with Crippen LogP contribution >= 0.6 is 0 Å². The second-order valence-electron chi connectivity index (χ2n) is 3.68. The van der Waals surface area contributed by atoms with E-state index in [0.717, 1.165) is 12.8 Å². The molecule has 0 bridgehead atoms. The second kappa shape index (κ2) is 6.18. The molecule has 94 valence electrons. The highest BCUT2D eigenvalue weighted by atomic mass is 16.1. The predicted molar refractivity (Wildman–Crippen MR) is 67.9 cm³/mol. The van der Waals surface area contributed by atoms with Crippen LogP contribution in [0.4, 0.5) is 5.69 Å². The summed E-state index contributed by atoms with van der Waals surface area (Å²) in [7, 11) is 0. The van der Waals surface area contributed by atoms with E-state index in [1.54, 1.807) is 6.20 Å². The van der Waals surface area contributed by atoms with Crippen LogP contribution in [0.3, 0.4) is 0 Å². The van der Waals surface area contributed by atoms with E-state index >= 15 is 0 Å². The number of nitrogens with zero attached hydrogens (tertiary/aromatic N) is 2. The van der Waals surface area contributed by atoms with Gasteiger partial charge in [0.25, 0.3) is 5.91 Å². The topological polar surface area (TPSA) is 80.9 Å². The smallest absolute Gasteiger partial charge is 0.269 e. The van der Waals surface area contributed by atoms with Crippen LogP contribution < -0.4 is 11.1 Å². The number of nitrogens with one attached hydrogen (secondary N) is 1. The summed E-state index contributed by atoms with van der Waals surface area (Å²) in [6.45, 7) is 5.94. The van der Waals surface area contributed by atoms with Crippen LogP contribution in [-0.2, 0) is 6.42 Å². The van der Waals surface area contributed by atoms with Gasteiger partial charge in [-0.1, -0.05) is 20.8 Å². The summed E-state index contributed by atoms with van der Waals surface area (Å²) in [5, 5.41) is 3.19. The normalized spacial score (nSPS) is 13.6. The molecule has 5 heteroatoms. The summed E-state index contributed by atoms with van der Waals surface area (Å²) in [5.74, 6) is 0.139. The number of hydrogen-bond donors (Lipinski definition) is 2. The number of primary amides is 1. The molecule has 0 unspecified atom stereocenters. The number of amides is 1. The van der Waals surface area contributed by atoms with E-state index in [4.69, 9.17) is 5.73 Å². The lowest BCUT2D eigenvalue weighted by Gasteiger charge is -2.08. The first-order valence-electron chi connectivity index (χ1n) is 6.13. The Balaban J connectivity index is 0.000000686. The van der Waals surface area contributed by atoms with Gasteiger partial charge in [0, 0.05) is 12.5 Å². The molecule has 0 spiro atoms. The van der Waals surface area contributed by atoms with Crippen molar-refractivity contribution in [2.75, 3.05) is 5.32 Å². The molecule has 3 N–H and O–H groups in total. The predicted octanol–water partition coefficient (Wildman–Crippen LogP) is 1.74. The van der Waals surface area contributed by atoms with Crippen molar-refractivity contribution in [2.24, 2.45) is 5.73 Å². The van der Waals surface area contributed by atoms with Crippen LogP contribution in [0.25, 0.3) is 0 Å². The minimum atomic E-state index is -0.504. The number of rotatable bonds is 4. The Labute approximate surface area is 102 Å². The minimum absolute atomic E-state index is 0.300. The first-order valence-corrected chi connectivity index (χ1v) is 6.13. The molecule has 1 fully saturated rings. The molecular formula is C12H20N4O. The van der Waals surface area contributed by atoms with Crippen molar-refractivity contribution < 1.29 is 4.79 Å². The average molecular weight is 236 g/mol. The fourth-order valence-corrected chi connectivity index (χ4v) is 1.33. The Morgan fingerprint density at radius 2 is 2.18 bits per heavy atom. The quantitative estimate of drug-likeness (QED) is 0.834. The maximum Gasteiger partial charge on any atom is 0.269 e. The molecule has 0 aromatic carbocycles. The Morgan fingerprint density at radius 1 is 1.53 bits per heavy atom. The number of carbonyl (C=O) groups excluding carboxylic acids is 1. The second-order valence-corrected chi connectivity index (χ2v) is 3.68. The van der Waals surface area contributed by atoms with Crippen molar-refractivity contribution in [3.63, 3.8) is 0 Å². The van der Waals surface area contributed by atoms with E-state index in [0.29, 0.717) is 29.7 Å². The Kier molecular flexibility index (Phi) is 4.87. The number of hydrogen-bond acceptors (Lipinski definition) is 4. The van der Waals surface area contributed by atoms with Gasteiger partial charge >= 0.3 is 0 Å². The highest BCUT2D eigenvalue weighted by molar-refractivity contribution is 5.96. The maximum atomic E-state index is 11.2. The van der Waals surface area contributed by atoms with Gasteiger partial charge in [0.1, 0.15) is 5.82 Å². The molecule has 2 rings (SSSR count). The standard InChI is InChI=1S/C10H14N4O.C2H6/c1-2-8-12-5-7(13-6-3-4-6)9(14-8)10(11)15;1-2/h5-6,13H,2-4H2,1H3,(H2,11,15);1-2H3. The summed E-state index contributed by atoms with van der Waals surface area (Å²) >= 11 is 0. The summed E-state index contributed by atoms with van der Waals surface area (Å²) in [4.78, 5) is 19.4. The number of aromatic nitrogens is 2. The van der Waals surface area contributed by atoms with E-state index in [1.807, 2.05) is 20.8 Å². The Bertz CT molecular complexity index is 388. The number of aryl methyl sites for hydroxylation is 1. The Morgan fingerprint density at radius 3 is 2.65 bits per heavy atom. The first-order chi connectivity index (χ1) is 8.20. The van der Waals surface area contributed by atoms with Crippen LogP contribution in [0.1, 0.15) is 49.9 Å². The molecule has 0 atom stereocenters. The highest BCUT2D eigenvalue weighted by Gasteiger charge is 2.23. The Hall–Kier alpha value is -1.65. The number of nitrogens with two attached hydrogens (primary N) is 1. The fourth-order valence-electron chi connectivity index (χ4n) is 1.33. The lowest BCUT2D eigenvalue weighted by molar-refractivity contribution is 0.0996. The number of carbonyl (C=O) groups is 1. The van der Waals surface area contributed by atoms with Gasteiger partial charge in [-0.2, -0.15) is 0 Å². The van der Waals surface area contributed by atoms with Crippen molar-refractivity contribution in [2.45, 2.75) is 46.1 Å². The van der Waals surface area contributed by atoms with Crippen LogP contribution in [0, 0.1) is 0 Å². The molecular weight excluding hydrogens is 216 g/mol.